The van der Waals surface area contributed by atoms with Crippen LogP contribution in [0.15, 0.2) is 30.3 Å². The van der Waals surface area contributed by atoms with E-state index in [2.05, 4.69) is 40.5 Å². The van der Waals surface area contributed by atoms with Gasteiger partial charge in [-0.3, -0.25) is 9.69 Å². The van der Waals surface area contributed by atoms with Crippen LogP contribution in [0.5, 0.6) is 0 Å². The molecule has 2 aliphatic rings. The maximum atomic E-state index is 12.1. The Balaban J connectivity index is 1.37. The third-order valence-corrected chi connectivity index (χ3v) is 5.07. The molecule has 4 heteroatoms. The fraction of sp³-hybridized carbons (Fsp3) is 0.650. The molecule has 1 saturated carbocycles. The molecule has 24 heavy (non-hydrogen) atoms. The fourth-order valence-corrected chi connectivity index (χ4v) is 3.33. The van der Waals surface area contributed by atoms with Gasteiger partial charge in [-0.05, 0) is 56.6 Å². The number of nitrogens with one attached hydrogen (secondary N) is 1. The first-order valence-corrected chi connectivity index (χ1v) is 9.36. The molecule has 0 unspecified atom stereocenters. The Morgan fingerprint density at radius 3 is 2.79 bits per heavy atom. The van der Waals surface area contributed by atoms with Crippen molar-refractivity contribution in [3.63, 3.8) is 0 Å². The quantitative estimate of drug-likeness (QED) is 0.797. The molecule has 1 aromatic rings. The number of carbonyl (C=O) groups excluding carboxylic acids is 1. The van der Waals surface area contributed by atoms with Crippen molar-refractivity contribution in [3.05, 3.63) is 35.9 Å². The summed E-state index contributed by atoms with van der Waals surface area (Å²) in [6, 6.07) is 10.6. The van der Waals surface area contributed by atoms with Gasteiger partial charge in [-0.25, -0.2) is 0 Å². The molecule has 1 aromatic carbocycles. The van der Waals surface area contributed by atoms with E-state index in [1.54, 1.807) is 0 Å². The number of nitrogens with zero attached hydrogens (tertiary/aromatic N) is 1. The summed E-state index contributed by atoms with van der Waals surface area (Å²) in [6.07, 6.45) is 4.60. The molecule has 0 aromatic heterocycles. The van der Waals surface area contributed by atoms with Gasteiger partial charge in [0.05, 0.1) is 6.61 Å². The van der Waals surface area contributed by atoms with E-state index in [1.165, 1.54) is 31.2 Å². The largest absolute Gasteiger partial charge is 0.368 e. The Labute approximate surface area is 145 Å². The number of rotatable bonds is 8. The van der Waals surface area contributed by atoms with Crippen LogP contribution in [0.2, 0.25) is 0 Å². The molecule has 3 rings (SSSR count). The van der Waals surface area contributed by atoms with Gasteiger partial charge in [0.1, 0.15) is 6.10 Å². The third kappa shape index (κ3) is 5.60. The molecule has 2 fully saturated rings. The van der Waals surface area contributed by atoms with E-state index in [1.807, 2.05) is 6.92 Å². The second-order valence-corrected chi connectivity index (χ2v) is 7.39. The standard InChI is InChI=1S/C20H30N2O2/c1-16(24-15-18-9-10-18)20(23)21-12-19-8-5-11-22(14-19)13-17-6-3-2-4-7-17/h2-4,6-7,16,18-19H,5,8-15H2,1H3,(H,21,23)/t16-,19-/m0/s1. The van der Waals surface area contributed by atoms with E-state index in [4.69, 9.17) is 4.74 Å². The first-order valence-electron chi connectivity index (χ1n) is 9.36. The molecule has 0 spiro atoms. The van der Waals surface area contributed by atoms with Gasteiger partial charge in [0, 0.05) is 19.6 Å². The van der Waals surface area contributed by atoms with Crippen LogP contribution in [0.25, 0.3) is 0 Å². The predicted molar refractivity (Wildman–Crippen MR) is 95.6 cm³/mol. The molecular formula is C20H30N2O2. The van der Waals surface area contributed by atoms with Crippen molar-refractivity contribution in [2.45, 2.75) is 45.3 Å². The molecule has 1 amide bonds. The van der Waals surface area contributed by atoms with E-state index in [0.717, 1.165) is 32.8 Å². The van der Waals surface area contributed by atoms with Crippen molar-refractivity contribution >= 4 is 5.91 Å². The summed E-state index contributed by atoms with van der Waals surface area (Å²) in [5, 5.41) is 3.09. The van der Waals surface area contributed by atoms with E-state index >= 15 is 0 Å². The second-order valence-electron chi connectivity index (χ2n) is 7.39. The van der Waals surface area contributed by atoms with Gasteiger partial charge in [0.25, 0.3) is 0 Å². The summed E-state index contributed by atoms with van der Waals surface area (Å²) < 4.78 is 5.65. The molecular weight excluding hydrogens is 300 g/mol. The maximum absolute atomic E-state index is 12.1. The molecule has 0 bridgehead atoms. The molecule has 1 N–H and O–H groups in total. The SMILES string of the molecule is C[C@H](OCC1CC1)C(=O)NC[C@@H]1CCCN(Cc2ccccc2)C1. The van der Waals surface area contributed by atoms with Gasteiger partial charge in [0.2, 0.25) is 5.91 Å². The summed E-state index contributed by atoms with van der Waals surface area (Å²) in [4.78, 5) is 14.6. The number of likely N-dealkylation sites (tertiary alicyclic amines) is 1. The van der Waals surface area contributed by atoms with E-state index in [9.17, 15) is 4.79 Å². The van der Waals surface area contributed by atoms with Crippen LogP contribution < -0.4 is 5.32 Å². The summed E-state index contributed by atoms with van der Waals surface area (Å²) in [6.45, 7) is 6.59. The zero-order valence-corrected chi connectivity index (χ0v) is 14.7. The average molecular weight is 330 g/mol. The van der Waals surface area contributed by atoms with Crippen LogP contribution in [-0.2, 0) is 16.1 Å². The van der Waals surface area contributed by atoms with Crippen LogP contribution >= 0.6 is 0 Å². The minimum absolute atomic E-state index is 0.0378. The van der Waals surface area contributed by atoms with Gasteiger partial charge in [-0.2, -0.15) is 0 Å². The Bertz CT molecular complexity index is 516. The van der Waals surface area contributed by atoms with Crippen molar-refractivity contribution in [1.29, 1.82) is 0 Å². The number of benzene rings is 1. The van der Waals surface area contributed by atoms with Crippen molar-refractivity contribution in [2.24, 2.45) is 11.8 Å². The molecule has 4 nitrogen and oxygen atoms in total. The Morgan fingerprint density at radius 1 is 1.25 bits per heavy atom. The minimum atomic E-state index is -0.324. The van der Waals surface area contributed by atoms with E-state index in [0.29, 0.717) is 11.8 Å². The van der Waals surface area contributed by atoms with Gasteiger partial charge >= 0.3 is 0 Å². The lowest BCUT2D eigenvalue weighted by Gasteiger charge is -2.33. The van der Waals surface area contributed by atoms with Crippen LogP contribution in [0, 0.1) is 11.8 Å². The fourth-order valence-electron chi connectivity index (χ4n) is 3.33. The smallest absolute Gasteiger partial charge is 0.248 e. The van der Waals surface area contributed by atoms with Crippen LogP contribution in [-0.4, -0.2) is 43.2 Å². The van der Waals surface area contributed by atoms with E-state index in [-0.39, 0.29) is 12.0 Å². The second kappa shape index (κ2) is 8.63. The monoisotopic (exact) mass is 330 g/mol. The predicted octanol–water partition coefficient (Wildman–Crippen LogP) is 2.83. The number of hydrogen-bond donors (Lipinski definition) is 1. The highest BCUT2D eigenvalue weighted by atomic mass is 16.5. The molecule has 1 aliphatic heterocycles. The minimum Gasteiger partial charge on any atom is -0.368 e. The Hall–Kier alpha value is -1.39. The summed E-state index contributed by atoms with van der Waals surface area (Å²) in [5.41, 5.74) is 1.37. The summed E-state index contributed by atoms with van der Waals surface area (Å²) in [7, 11) is 0. The lowest BCUT2D eigenvalue weighted by molar-refractivity contribution is -0.132. The topological polar surface area (TPSA) is 41.6 Å². The number of ether oxygens (including phenoxy) is 1. The molecule has 1 saturated heterocycles. The van der Waals surface area contributed by atoms with E-state index < -0.39 is 0 Å². The third-order valence-electron chi connectivity index (χ3n) is 5.07. The zero-order chi connectivity index (χ0) is 16.8. The van der Waals surface area contributed by atoms with Crippen LogP contribution in [0.4, 0.5) is 0 Å². The first-order chi connectivity index (χ1) is 11.7. The van der Waals surface area contributed by atoms with Gasteiger partial charge in [-0.15, -0.1) is 0 Å². The number of carbonyl (C=O) groups is 1. The average Bonchev–Trinajstić information content (AvgIpc) is 3.43. The Kier molecular flexibility index (Phi) is 6.27. The molecule has 1 heterocycles. The maximum Gasteiger partial charge on any atom is 0.248 e. The van der Waals surface area contributed by atoms with Gasteiger partial charge in [0.15, 0.2) is 0 Å². The lowest BCUT2D eigenvalue weighted by atomic mass is 9.97. The Morgan fingerprint density at radius 2 is 2.04 bits per heavy atom. The van der Waals surface area contributed by atoms with Gasteiger partial charge in [-0.1, -0.05) is 30.3 Å². The summed E-state index contributed by atoms with van der Waals surface area (Å²) in [5.74, 6) is 1.28. The first kappa shape index (κ1) is 17.4. The molecule has 1 aliphatic carbocycles. The number of amides is 1. The van der Waals surface area contributed by atoms with Gasteiger partial charge < -0.3 is 10.1 Å². The van der Waals surface area contributed by atoms with Crippen molar-refractivity contribution in [3.8, 4) is 0 Å². The van der Waals surface area contributed by atoms with Crippen LogP contribution in [0.3, 0.4) is 0 Å². The zero-order valence-electron chi connectivity index (χ0n) is 14.7. The van der Waals surface area contributed by atoms with Crippen molar-refractivity contribution in [1.82, 2.24) is 10.2 Å². The normalized spacial score (nSPS) is 23.0. The lowest BCUT2D eigenvalue weighted by Crippen LogP contribution is -2.43. The highest BCUT2D eigenvalue weighted by Gasteiger charge is 2.25. The number of piperidine rings is 1. The summed E-state index contributed by atoms with van der Waals surface area (Å²) >= 11 is 0. The van der Waals surface area contributed by atoms with Crippen molar-refractivity contribution in [2.75, 3.05) is 26.2 Å². The molecule has 2 atom stereocenters. The number of hydrogen-bond acceptors (Lipinski definition) is 3. The highest BCUT2D eigenvalue weighted by molar-refractivity contribution is 5.80. The highest BCUT2D eigenvalue weighted by Crippen LogP contribution is 2.29. The molecule has 132 valence electrons. The van der Waals surface area contributed by atoms with Crippen molar-refractivity contribution < 1.29 is 9.53 Å². The van der Waals surface area contributed by atoms with Crippen LogP contribution in [0.1, 0.15) is 38.2 Å². The molecule has 0 radical (unpaired) electrons.